The molecule has 2 atom stereocenters. The Labute approximate surface area is 119 Å². The number of rotatable bonds is 5. The first kappa shape index (κ1) is 15.3. The highest BCUT2D eigenvalue weighted by Gasteiger charge is 2.33. The molecule has 3 nitrogen and oxygen atoms in total. The number of hydrogen-bond acceptors (Lipinski definition) is 3. The molecule has 112 valence electrons. The molecule has 0 radical (unpaired) electrons. The van der Waals surface area contributed by atoms with Gasteiger partial charge in [-0.25, -0.2) is 0 Å². The fourth-order valence-corrected chi connectivity index (χ4v) is 4.03. The van der Waals surface area contributed by atoms with Crippen LogP contribution in [0.5, 0.6) is 0 Å². The molecule has 2 unspecified atom stereocenters. The van der Waals surface area contributed by atoms with Gasteiger partial charge >= 0.3 is 0 Å². The van der Waals surface area contributed by atoms with Crippen molar-refractivity contribution in [2.75, 3.05) is 32.7 Å². The van der Waals surface area contributed by atoms with Crippen molar-refractivity contribution in [3.8, 4) is 0 Å². The van der Waals surface area contributed by atoms with Gasteiger partial charge in [0.15, 0.2) is 0 Å². The van der Waals surface area contributed by atoms with E-state index in [-0.39, 0.29) is 0 Å². The Balaban J connectivity index is 1.84. The molecule has 3 heteroatoms. The quantitative estimate of drug-likeness (QED) is 0.829. The molecule has 0 aromatic heterocycles. The highest BCUT2D eigenvalue weighted by atomic mass is 15.2. The van der Waals surface area contributed by atoms with Gasteiger partial charge in [-0.2, -0.15) is 0 Å². The maximum atomic E-state index is 6.04. The summed E-state index contributed by atoms with van der Waals surface area (Å²) in [5, 5.41) is 0. The van der Waals surface area contributed by atoms with Crippen LogP contribution in [-0.4, -0.2) is 54.6 Å². The number of nitrogens with two attached hydrogens (primary N) is 1. The average molecular weight is 267 g/mol. The minimum absolute atomic E-state index is 0.654. The third-order valence-electron chi connectivity index (χ3n) is 5.29. The second kappa shape index (κ2) is 7.61. The zero-order valence-corrected chi connectivity index (χ0v) is 13.0. The SMILES string of the molecule is CCCN1CCC(N2CCC(CC)CC2CN)CC1. The Morgan fingerprint density at radius 2 is 1.79 bits per heavy atom. The summed E-state index contributed by atoms with van der Waals surface area (Å²) in [6.45, 7) is 10.6. The number of likely N-dealkylation sites (tertiary alicyclic amines) is 2. The Morgan fingerprint density at radius 1 is 1.05 bits per heavy atom. The average Bonchev–Trinajstić information content (AvgIpc) is 2.48. The molecule has 0 aliphatic carbocycles. The summed E-state index contributed by atoms with van der Waals surface area (Å²) in [6.07, 6.45) is 8.06. The maximum Gasteiger partial charge on any atom is 0.0224 e. The molecule has 2 saturated heterocycles. The van der Waals surface area contributed by atoms with Gasteiger partial charge in [0.05, 0.1) is 0 Å². The van der Waals surface area contributed by atoms with Crippen molar-refractivity contribution in [3.05, 3.63) is 0 Å². The van der Waals surface area contributed by atoms with Crippen LogP contribution in [0.2, 0.25) is 0 Å². The molecule has 0 aromatic rings. The van der Waals surface area contributed by atoms with Gasteiger partial charge in [-0.1, -0.05) is 20.3 Å². The van der Waals surface area contributed by atoms with E-state index in [9.17, 15) is 0 Å². The van der Waals surface area contributed by atoms with E-state index in [4.69, 9.17) is 5.73 Å². The van der Waals surface area contributed by atoms with Gasteiger partial charge in [0.25, 0.3) is 0 Å². The molecule has 0 saturated carbocycles. The van der Waals surface area contributed by atoms with Crippen LogP contribution in [0.4, 0.5) is 0 Å². The zero-order valence-electron chi connectivity index (χ0n) is 13.0. The lowest BCUT2D eigenvalue weighted by molar-refractivity contribution is 0.0355. The lowest BCUT2D eigenvalue weighted by Gasteiger charge is -2.46. The van der Waals surface area contributed by atoms with E-state index in [0.29, 0.717) is 6.04 Å². The van der Waals surface area contributed by atoms with Crippen LogP contribution in [0, 0.1) is 5.92 Å². The normalized spacial score (nSPS) is 31.7. The molecule has 2 aliphatic rings. The molecular formula is C16H33N3. The summed E-state index contributed by atoms with van der Waals surface area (Å²) in [5.41, 5.74) is 6.04. The van der Waals surface area contributed by atoms with Crippen molar-refractivity contribution in [2.45, 2.75) is 64.5 Å². The molecule has 19 heavy (non-hydrogen) atoms. The van der Waals surface area contributed by atoms with E-state index in [1.165, 1.54) is 64.7 Å². The molecule has 2 aliphatic heterocycles. The topological polar surface area (TPSA) is 32.5 Å². The van der Waals surface area contributed by atoms with Gasteiger partial charge in [-0.3, -0.25) is 4.90 Å². The maximum absolute atomic E-state index is 6.04. The van der Waals surface area contributed by atoms with Gasteiger partial charge in [0.1, 0.15) is 0 Å². The van der Waals surface area contributed by atoms with Crippen LogP contribution >= 0.6 is 0 Å². The molecule has 2 N–H and O–H groups in total. The van der Waals surface area contributed by atoms with Crippen molar-refractivity contribution < 1.29 is 0 Å². The minimum atomic E-state index is 0.654. The van der Waals surface area contributed by atoms with Gasteiger partial charge < -0.3 is 10.6 Å². The summed E-state index contributed by atoms with van der Waals surface area (Å²) in [7, 11) is 0. The fraction of sp³-hybridized carbons (Fsp3) is 1.00. The summed E-state index contributed by atoms with van der Waals surface area (Å²) in [6, 6.07) is 1.46. The van der Waals surface area contributed by atoms with Crippen LogP contribution in [-0.2, 0) is 0 Å². The van der Waals surface area contributed by atoms with Crippen molar-refractivity contribution in [1.82, 2.24) is 9.80 Å². The molecule has 0 spiro atoms. The summed E-state index contributed by atoms with van der Waals surface area (Å²) >= 11 is 0. The van der Waals surface area contributed by atoms with Crippen LogP contribution in [0.1, 0.15) is 52.4 Å². The minimum Gasteiger partial charge on any atom is -0.329 e. The standard InChI is InChI=1S/C16H33N3/c1-3-8-18-9-6-15(7-10-18)19-11-5-14(4-2)12-16(19)13-17/h14-16H,3-13,17H2,1-2H3. The van der Waals surface area contributed by atoms with Crippen LogP contribution in [0.25, 0.3) is 0 Å². The Bertz CT molecular complexity index is 248. The van der Waals surface area contributed by atoms with Crippen LogP contribution < -0.4 is 5.73 Å². The van der Waals surface area contributed by atoms with Gasteiger partial charge in [-0.15, -0.1) is 0 Å². The first-order valence-corrected chi connectivity index (χ1v) is 8.46. The molecule has 0 amide bonds. The lowest BCUT2D eigenvalue weighted by atomic mass is 9.86. The van der Waals surface area contributed by atoms with Crippen molar-refractivity contribution in [1.29, 1.82) is 0 Å². The van der Waals surface area contributed by atoms with Gasteiger partial charge in [0.2, 0.25) is 0 Å². The largest absolute Gasteiger partial charge is 0.329 e. The Kier molecular flexibility index (Phi) is 6.11. The number of piperidine rings is 2. The van der Waals surface area contributed by atoms with Crippen molar-refractivity contribution in [3.63, 3.8) is 0 Å². The smallest absolute Gasteiger partial charge is 0.0224 e. The third kappa shape index (κ3) is 3.93. The molecule has 0 bridgehead atoms. The van der Waals surface area contributed by atoms with Gasteiger partial charge in [-0.05, 0) is 64.2 Å². The zero-order chi connectivity index (χ0) is 13.7. The molecule has 2 fully saturated rings. The van der Waals surface area contributed by atoms with E-state index in [2.05, 4.69) is 23.6 Å². The molecule has 2 heterocycles. The number of nitrogens with zero attached hydrogens (tertiary/aromatic N) is 2. The second-order valence-corrected chi connectivity index (χ2v) is 6.50. The summed E-state index contributed by atoms with van der Waals surface area (Å²) < 4.78 is 0. The monoisotopic (exact) mass is 267 g/mol. The van der Waals surface area contributed by atoms with E-state index in [1.807, 2.05) is 0 Å². The van der Waals surface area contributed by atoms with Crippen molar-refractivity contribution in [2.24, 2.45) is 11.7 Å². The third-order valence-corrected chi connectivity index (χ3v) is 5.29. The van der Waals surface area contributed by atoms with E-state index in [0.717, 1.165) is 18.5 Å². The first-order valence-electron chi connectivity index (χ1n) is 8.46. The van der Waals surface area contributed by atoms with Gasteiger partial charge in [0, 0.05) is 18.6 Å². The van der Waals surface area contributed by atoms with Crippen molar-refractivity contribution >= 4 is 0 Å². The lowest BCUT2D eigenvalue weighted by Crippen LogP contribution is -2.54. The highest BCUT2D eigenvalue weighted by Crippen LogP contribution is 2.29. The molecule has 0 aromatic carbocycles. The Hall–Kier alpha value is -0.120. The second-order valence-electron chi connectivity index (χ2n) is 6.50. The molecular weight excluding hydrogens is 234 g/mol. The predicted octanol–water partition coefficient (Wildman–Crippen LogP) is 2.31. The van der Waals surface area contributed by atoms with Crippen LogP contribution in [0.3, 0.4) is 0 Å². The van der Waals surface area contributed by atoms with E-state index >= 15 is 0 Å². The van der Waals surface area contributed by atoms with E-state index < -0.39 is 0 Å². The first-order chi connectivity index (χ1) is 9.28. The predicted molar refractivity (Wildman–Crippen MR) is 82.3 cm³/mol. The van der Waals surface area contributed by atoms with Crippen LogP contribution in [0.15, 0.2) is 0 Å². The van der Waals surface area contributed by atoms with E-state index in [1.54, 1.807) is 0 Å². The molecule has 2 rings (SSSR count). The number of hydrogen-bond donors (Lipinski definition) is 1. The summed E-state index contributed by atoms with van der Waals surface area (Å²) in [5.74, 6) is 0.921. The fourth-order valence-electron chi connectivity index (χ4n) is 4.03. The Morgan fingerprint density at radius 3 is 2.37 bits per heavy atom. The highest BCUT2D eigenvalue weighted by molar-refractivity contribution is 4.89. The summed E-state index contributed by atoms with van der Waals surface area (Å²) in [4.78, 5) is 5.39.